The third kappa shape index (κ3) is 3.99. The number of rotatable bonds is 5. The molecule has 10 heteroatoms. The number of fused-ring (bicyclic) bond motifs is 4. The highest BCUT2D eigenvalue weighted by atomic mass is 35.5. The molecule has 0 radical (unpaired) electrons. The van der Waals surface area contributed by atoms with Crippen LogP contribution in [0.25, 0.3) is 32.9 Å². The van der Waals surface area contributed by atoms with Crippen LogP contribution in [0.15, 0.2) is 30.5 Å². The molecule has 2 aromatic heterocycles. The van der Waals surface area contributed by atoms with E-state index in [-0.39, 0.29) is 11.5 Å². The van der Waals surface area contributed by atoms with E-state index in [4.69, 9.17) is 21.3 Å². The summed E-state index contributed by atoms with van der Waals surface area (Å²) in [6, 6.07) is 8.87. The minimum absolute atomic E-state index is 0.213. The lowest BCUT2D eigenvalue weighted by Gasteiger charge is -2.34. The van der Waals surface area contributed by atoms with Crippen molar-refractivity contribution in [2.24, 2.45) is 7.05 Å². The first kappa shape index (κ1) is 24.1. The maximum absolute atomic E-state index is 16.6. The molecule has 3 fully saturated rings. The highest BCUT2D eigenvalue weighted by molar-refractivity contribution is 6.35. The standard InChI is InChI=1S/C28H31ClFN7O/c1-35-10-4-6-19(35)15-38-28-33-25-21(27(34-28)37-13-17-8-9-18(14-37)32-17)11-22(29)23(24(25)30)20-7-3-5-16-12-31-36(2)26(16)20/h3,5,7,11-12,17-19,32H,4,6,8-10,13-15H2,1-2H3/t17?,18?,19-/m0/s1. The summed E-state index contributed by atoms with van der Waals surface area (Å²) in [6.07, 6.45) is 6.26. The molecule has 198 valence electrons. The summed E-state index contributed by atoms with van der Waals surface area (Å²) in [5.74, 6) is 0.222. The summed E-state index contributed by atoms with van der Waals surface area (Å²) >= 11 is 6.85. The number of ether oxygens (including phenoxy) is 1. The molecule has 2 aromatic carbocycles. The summed E-state index contributed by atoms with van der Waals surface area (Å²) in [5, 5.41) is 9.89. The van der Waals surface area contributed by atoms with Gasteiger partial charge >= 0.3 is 6.01 Å². The van der Waals surface area contributed by atoms with Crippen molar-refractivity contribution in [2.75, 3.05) is 38.2 Å². The number of aromatic nitrogens is 4. The lowest BCUT2D eigenvalue weighted by Crippen LogP contribution is -2.51. The molecule has 4 aromatic rings. The first-order chi connectivity index (χ1) is 18.5. The number of para-hydroxylation sites is 1. The molecule has 2 bridgehead atoms. The number of nitrogens with zero attached hydrogens (tertiary/aromatic N) is 6. The fourth-order valence-electron chi connectivity index (χ4n) is 6.48. The van der Waals surface area contributed by atoms with Crippen LogP contribution in [0.5, 0.6) is 6.01 Å². The summed E-state index contributed by atoms with van der Waals surface area (Å²) in [7, 11) is 3.96. The minimum Gasteiger partial charge on any atom is -0.462 e. The Morgan fingerprint density at radius 3 is 2.71 bits per heavy atom. The van der Waals surface area contributed by atoms with Gasteiger partial charge in [-0.3, -0.25) is 4.68 Å². The Hall–Kier alpha value is -3.01. The quantitative estimate of drug-likeness (QED) is 0.406. The molecular formula is C28H31ClFN7O. The third-order valence-electron chi connectivity index (χ3n) is 8.46. The van der Waals surface area contributed by atoms with Crippen molar-refractivity contribution < 1.29 is 9.13 Å². The monoisotopic (exact) mass is 535 g/mol. The molecule has 8 nitrogen and oxygen atoms in total. The molecular weight excluding hydrogens is 505 g/mol. The molecule has 0 aliphatic carbocycles. The number of piperazine rings is 1. The van der Waals surface area contributed by atoms with E-state index in [1.54, 1.807) is 10.9 Å². The van der Waals surface area contributed by atoms with Crippen molar-refractivity contribution in [3.8, 4) is 17.1 Å². The smallest absolute Gasteiger partial charge is 0.319 e. The van der Waals surface area contributed by atoms with E-state index in [0.29, 0.717) is 52.1 Å². The Morgan fingerprint density at radius 2 is 1.95 bits per heavy atom. The van der Waals surface area contributed by atoms with Crippen LogP contribution in [0.1, 0.15) is 25.7 Å². The van der Waals surface area contributed by atoms with Gasteiger partial charge in [0.1, 0.15) is 17.9 Å². The average molecular weight is 536 g/mol. The van der Waals surface area contributed by atoms with Crippen LogP contribution in [0.3, 0.4) is 0 Å². The van der Waals surface area contributed by atoms with Crippen LogP contribution in [0, 0.1) is 5.82 Å². The number of benzene rings is 2. The molecule has 0 saturated carbocycles. The van der Waals surface area contributed by atoms with Gasteiger partial charge in [0.25, 0.3) is 0 Å². The van der Waals surface area contributed by atoms with Gasteiger partial charge in [0.2, 0.25) is 0 Å². The van der Waals surface area contributed by atoms with E-state index in [1.165, 1.54) is 0 Å². The van der Waals surface area contributed by atoms with Gasteiger partial charge in [-0.25, -0.2) is 4.39 Å². The van der Waals surface area contributed by atoms with Crippen LogP contribution < -0.4 is 15.0 Å². The van der Waals surface area contributed by atoms with E-state index in [1.807, 2.05) is 31.3 Å². The lowest BCUT2D eigenvalue weighted by atomic mass is 10.00. The van der Waals surface area contributed by atoms with E-state index in [0.717, 1.165) is 56.2 Å². The second kappa shape index (κ2) is 9.32. The van der Waals surface area contributed by atoms with Gasteiger partial charge in [0.15, 0.2) is 5.82 Å². The van der Waals surface area contributed by atoms with Crippen molar-refractivity contribution >= 4 is 39.2 Å². The predicted molar refractivity (Wildman–Crippen MR) is 148 cm³/mol. The van der Waals surface area contributed by atoms with Crippen LogP contribution in [0.4, 0.5) is 10.2 Å². The summed E-state index contributed by atoms with van der Waals surface area (Å²) in [5.41, 5.74) is 2.05. The number of hydrogen-bond acceptors (Lipinski definition) is 7. The molecule has 3 aliphatic rings. The van der Waals surface area contributed by atoms with Gasteiger partial charge in [-0.15, -0.1) is 0 Å². The Morgan fingerprint density at radius 1 is 1.13 bits per heavy atom. The van der Waals surface area contributed by atoms with Crippen LogP contribution in [-0.2, 0) is 7.05 Å². The number of nitrogens with one attached hydrogen (secondary N) is 1. The van der Waals surface area contributed by atoms with Gasteiger partial charge in [-0.05, 0) is 45.3 Å². The molecule has 3 saturated heterocycles. The SMILES string of the molecule is CN1CCC[C@H]1COc1nc(N2CC3CCC(C2)N3)c2cc(Cl)c(-c3cccc4cnn(C)c34)c(F)c2n1. The molecule has 0 spiro atoms. The highest BCUT2D eigenvalue weighted by Crippen LogP contribution is 2.41. The predicted octanol–water partition coefficient (Wildman–Crippen LogP) is 4.39. The van der Waals surface area contributed by atoms with Crippen molar-refractivity contribution in [3.05, 3.63) is 41.3 Å². The van der Waals surface area contributed by atoms with E-state index in [2.05, 4.69) is 32.2 Å². The van der Waals surface area contributed by atoms with E-state index < -0.39 is 5.82 Å². The first-order valence-electron chi connectivity index (χ1n) is 13.4. The maximum atomic E-state index is 16.6. The first-order valence-corrected chi connectivity index (χ1v) is 13.8. The summed E-state index contributed by atoms with van der Waals surface area (Å²) in [4.78, 5) is 14.0. The fraction of sp³-hybridized carbons (Fsp3) is 0.464. The highest BCUT2D eigenvalue weighted by Gasteiger charge is 2.34. The Labute approximate surface area is 225 Å². The zero-order valence-electron chi connectivity index (χ0n) is 21.6. The number of aryl methyl sites for hydroxylation is 1. The van der Waals surface area contributed by atoms with Gasteiger partial charge in [-0.1, -0.05) is 29.8 Å². The summed E-state index contributed by atoms with van der Waals surface area (Å²) < 4.78 is 24.5. The number of halogens is 2. The fourth-order valence-corrected chi connectivity index (χ4v) is 6.77. The normalized spacial score (nSPS) is 23.7. The molecule has 5 heterocycles. The molecule has 1 N–H and O–H groups in total. The lowest BCUT2D eigenvalue weighted by molar-refractivity contribution is 0.188. The molecule has 3 aliphatic heterocycles. The Kier molecular flexibility index (Phi) is 5.90. The molecule has 3 atom stereocenters. The van der Waals surface area contributed by atoms with Gasteiger partial charge in [0.05, 0.1) is 16.7 Å². The van der Waals surface area contributed by atoms with Crippen molar-refractivity contribution in [1.82, 2.24) is 30.0 Å². The number of anilines is 1. The van der Waals surface area contributed by atoms with Crippen molar-refractivity contribution in [2.45, 2.75) is 43.8 Å². The van der Waals surface area contributed by atoms with Crippen molar-refractivity contribution in [3.63, 3.8) is 0 Å². The molecule has 0 amide bonds. The second-order valence-electron chi connectivity index (χ2n) is 10.9. The number of likely N-dealkylation sites (tertiary alicyclic amines) is 1. The average Bonchev–Trinajstić information content (AvgIpc) is 3.60. The van der Waals surface area contributed by atoms with Crippen LogP contribution in [-0.4, -0.2) is 76.1 Å². The molecule has 38 heavy (non-hydrogen) atoms. The third-order valence-corrected chi connectivity index (χ3v) is 8.76. The topological polar surface area (TPSA) is 71.3 Å². The van der Waals surface area contributed by atoms with E-state index in [9.17, 15) is 0 Å². The van der Waals surface area contributed by atoms with Gasteiger partial charge in [0, 0.05) is 60.2 Å². The Balaban J connectivity index is 1.38. The van der Waals surface area contributed by atoms with E-state index >= 15 is 4.39 Å². The second-order valence-corrected chi connectivity index (χ2v) is 11.3. The van der Waals surface area contributed by atoms with Crippen LogP contribution in [0.2, 0.25) is 5.02 Å². The zero-order valence-corrected chi connectivity index (χ0v) is 22.4. The zero-order chi connectivity index (χ0) is 26.0. The largest absolute Gasteiger partial charge is 0.462 e. The summed E-state index contributed by atoms with van der Waals surface area (Å²) in [6.45, 7) is 3.15. The van der Waals surface area contributed by atoms with Crippen LogP contribution >= 0.6 is 11.6 Å². The molecule has 2 unspecified atom stereocenters. The minimum atomic E-state index is -0.467. The Bertz CT molecular complexity index is 1530. The molecule has 7 rings (SSSR count). The van der Waals surface area contributed by atoms with Gasteiger partial charge in [-0.2, -0.15) is 15.1 Å². The number of likely N-dealkylation sites (N-methyl/N-ethyl adjacent to an activating group) is 1. The maximum Gasteiger partial charge on any atom is 0.319 e. The van der Waals surface area contributed by atoms with Gasteiger partial charge < -0.3 is 19.9 Å². The number of hydrogen-bond donors (Lipinski definition) is 1. The van der Waals surface area contributed by atoms with Crippen molar-refractivity contribution in [1.29, 1.82) is 0 Å².